The molecule has 2 fully saturated rings. The second kappa shape index (κ2) is 8.75. The quantitative estimate of drug-likeness (QED) is 0.775. The van der Waals surface area contributed by atoms with Crippen molar-refractivity contribution < 1.29 is 18.7 Å². The van der Waals surface area contributed by atoms with Crippen molar-refractivity contribution in [2.75, 3.05) is 54.0 Å². The average Bonchev–Trinajstić information content (AvgIpc) is 3.13. The SMILES string of the molecule is CC(=O)NCC1CN(c2ccc(N3CCN(c4cnc(C)nc4)CC3)c(F)c2)C(=O)O1. The summed E-state index contributed by atoms with van der Waals surface area (Å²) in [6.45, 7) is 6.52. The van der Waals surface area contributed by atoms with Crippen molar-refractivity contribution in [2.24, 2.45) is 0 Å². The fraction of sp³-hybridized carbons (Fsp3) is 0.429. The van der Waals surface area contributed by atoms with Crippen LogP contribution in [0.15, 0.2) is 30.6 Å². The molecule has 2 aliphatic rings. The molecule has 2 saturated heterocycles. The van der Waals surface area contributed by atoms with Crippen molar-refractivity contribution in [3.05, 3.63) is 42.2 Å². The largest absolute Gasteiger partial charge is 0.442 e. The maximum absolute atomic E-state index is 14.9. The first-order chi connectivity index (χ1) is 14.9. The first-order valence-electron chi connectivity index (χ1n) is 10.2. The Morgan fingerprint density at radius 2 is 1.84 bits per heavy atom. The molecular formula is C21H25FN6O3. The number of nitrogens with one attached hydrogen (secondary N) is 1. The molecule has 1 aromatic heterocycles. The first kappa shape index (κ1) is 20.8. The van der Waals surface area contributed by atoms with Crippen LogP contribution in [0.4, 0.5) is 26.2 Å². The lowest BCUT2D eigenvalue weighted by atomic mass is 10.2. The molecule has 1 unspecified atom stereocenters. The fourth-order valence-electron chi connectivity index (χ4n) is 3.77. The third-order valence-electron chi connectivity index (χ3n) is 5.45. The number of hydrogen-bond donors (Lipinski definition) is 1. The molecular weight excluding hydrogens is 403 g/mol. The van der Waals surface area contributed by atoms with Crippen molar-refractivity contribution in [1.82, 2.24) is 15.3 Å². The van der Waals surface area contributed by atoms with E-state index in [9.17, 15) is 14.0 Å². The van der Waals surface area contributed by atoms with Gasteiger partial charge in [0.1, 0.15) is 17.7 Å². The number of nitrogens with zero attached hydrogens (tertiary/aromatic N) is 5. The van der Waals surface area contributed by atoms with Gasteiger partial charge in [0.15, 0.2) is 0 Å². The standard InChI is InChI=1S/C21H25FN6O3/c1-14-23-10-17(11-24-14)26-5-7-27(8-6-26)20-4-3-16(9-19(20)22)28-13-18(31-21(28)30)12-25-15(2)29/h3-4,9-11,18H,5-8,12-13H2,1-2H3,(H,25,29). The zero-order chi connectivity index (χ0) is 22.0. The van der Waals surface area contributed by atoms with Gasteiger partial charge in [0.05, 0.1) is 42.5 Å². The minimum absolute atomic E-state index is 0.195. The van der Waals surface area contributed by atoms with Crippen LogP contribution in [0.25, 0.3) is 0 Å². The van der Waals surface area contributed by atoms with Crippen LogP contribution >= 0.6 is 0 Å². The summed E-state index contributed by atoms with van der Waals surface area (Å²) < 4.78 is 20.2. The van der Waals surface area contributed by atoms with Crippen LogP contribution in [0.5, 0.6) is 0 Å². The van der Waals surface area contributed by atoms with Crippen LogP contribution in [-0.2, 0) is 9.53 Å². The Labute approximate surface area is 179 Å². The highest BCUT2D eigenvalue weighted by molar-refractivity contribution is 5.90. The molecule has 0 bridgehead atoms. The van der Waals surface area contributed by atoms with E-state index < -0.39 is 12.2 Å². The van der Waals surface area contributed by atoms with Crippen LogP contribution in [0, 0.1) is 12.7 Å². The maximum atomic E-state index is 14.9. The molecule has 3 heterocycles. The van der Waals surface area contributed by atoms with Gasteiger partial charge < -0.3 is 19.9 Å². The third-order valence-corrected chi connectivity index (χ3v) is 5.45. The zero-order valence-electron chi connectivity index (χ0n) is 17.5. The van der Waals surface area contributed by atoms with E-state index in [0.29, 0.717) is 24.5 Å². The fourth-order valence-corrected chi connectivity index (χ4v) is 3.77. The molecule has 1 N–H and O–H groups in total. The topological polar surface area (TPSA) is 90.9 Å². The van der Waals surface area contributed by atoms with E-state index in [4.69, 9.17) is 4.74 Å². The van der Waals surface area contributed by atoms with E-state index in [1.54, 1.807) is 12.1 Å². The summed E-state index contributed by atoms with van der Waals surface area (Å²) in [5, 5.41) is 2.63. The Morgan fingerprint density at radius 1 is 1.16 bits per heavy atom. The predicted molar refractivity (Wildman–Crippen MR) is 114 cm³/mol. The Balaban J connectivity index is 1.38. The highest BCUT2D eigenvalue weighted by atomic mass is 19.1. The van der Waals surface area contributed by atoms with Crippen molar-refractivity contribution >= 4 is 29.1 Å². The molecule has 2 aromatic rings. The maximum Gasteiger partial charge on any atom is 0.414 e. The summed E-state index contributed by atoms with van der Waals surface area (Å²) in [4.78, 5) is 37.2. The van der Waals surface area contributed by atoms with Gasteiger partial charge in [-0.15, -0.1) is 0 Å². The summed E-state index contributed by atoms with van der Waals surface area (Å²) in [7, 11) is 0. The highest BCUT2D eigenvalue weighted by Crippen LogP contribution is 2.29. The van der Waals surface area contributed by atoms with Crippen LogP contribution < -0.4 is 20.0 Å². The number of ether oxygens (including phenoxy) is 1. The molecule has 2 aliphatic heterocycles. The van der Waals surface area contributed by atoms with Crippen molar-refractivity contribution in [1.29, 1.82) is 0 Å². The Bertz CT molecular complexity index is 962. The molecule has 164 valence electrons. The molecule has 1 aromatic carbocycles. The summed E-state index contributed by atoms with van der Waals surface area (Å²) in [5.41, 5.74) is 1.90. The number of amides is 2. The molecule has 1 atom stereocenters. The third kappa shape index (κ3) is 4.68. The van der Waals surface area contributed by atoms with E-state index in [2.05, 4.69) is 20.2 Å². The minimum atomic E-state index is -0.545. The lowest BCUT2D eigenvalue weighted by Gasteiger charge is -2.37. The van der Waals surface area contributed by atoms with Crippen molar-refractivity contribution in [3.63, 3.8) is 0 Å². The lowest BCUT2D eigenvalue weighted by molar-refractivity contribution is -0.119. The number of hydrogen-bond acceptors (Lipinski definition) is 7. The summed E-state index contributed by atoms with van der Waals surface area (Å²) in [5.74, 6) is 0.149. The summed E-state index contributed by atoms with van der Waals surface area (Å²) >= 11 is 0. The molecule has 10 heteroatoms. The number of carbonyl (C=O) groups is 2. The van der Waals surface area contributed by atoms with E-state index in [1.807, 2.05) is 24.2 Å². The molecule has 0 aliphatic carbocycles. The molecule has 2 amide bonds. The summed E-state index contributed by atoms with van der Waals surface area (Å²) in [6.07, 6.45) is 2.61. The molecule has 0 saturated carbocycles. The number of piperazine rings is 1. The van der Waals surface area contributed by atoms with Crippen molar-refractivity contribution in [2.45, 2.75) is 20.0 Å². The van der Waals surface area contributed by atoms with Gasteiger partial charge in [0.25, 0.3) is 0 Å². The van der Waals surface area contributed by atoms with Gasteiger partial charge in [-0.3, -0.25) is 9.69 Å². The number of carbonyl (C=O) groups excluding carboxylic acids is 2. The normalized spacial score (nSPS) is 18.9. The number of benzene rings is 1. The zero-order valence-corrected chi connectivity index (χ0v) is 17.5. The second-order valence-corrected chi connectivity index (χ2v) is 7.65. The Kier molecular flexibility index (Phi) is 5.88. The first-order valence-corrected chi connectivity index (χ1v) is 10.2. The Hall–Kier alpha value is -3.43. The van der Waals surface area contributed by atoms with E-state index in [0.717, 1.165) is 24.6 Å². The Morgan fingerprint density at radius 3 is 2.48 bits per heavy atom. The minimum Gasteiger partial charge on any atom is -0.442 e. The van der Waals surface area contributed by atoms with E-state index >= 15 is 0 Å². The molecule has 0 radical (unpaired) electrons. The number of halogens is 1. The van der Waals surface area contributed by atoms with Gasteiger partial charge in [0, 0.05) is 33.1 Å². The van der Waals surface area contributed by atoms with Gasteiger partial charge in [-0.1, -0.05) is 0 Å². The second-order valence-electron chi connectivity index (χ2n) is 7.65. The van der Waals surface area contributed by atoms with Gasteiger partial charge in [-0.05, 0) is 25.1 Å². The number of rotatable bonds is 5. The van der Waals surface area contributed by atoms with Gasteiger partial charge in [0.2, 0.25) is 5.91 Å². The number of cyclic esters (lactones) is 1. The molecule has 0 spiro atoms. The van der Waals surface area contributed by atoms with Crippen LogP contribution in [-0.4, -0.2) is 67.3 Å². The average molecular weight is 428 g/mol. The lowest BCUT2D eigenvalue weighted by Crippen LogP contribution is -2.47. The molecule has 9 nitrogen and oxygen atoms in total. The smallest absolute Gasteiger partial charge is 0.414 e. The number of anilines is 3. The summed E-state index contributed by atoms with van der Waals surface area (Å²) in [6, 6.07) is 4.78. The van der Waals surface area contributed by atoms with E-state index in [-0.39, 0.29) is 24.8 Å². The molecule has 31 heavy (non-hydrogen) atoms. The number of aryl methyl sites for hydroxylation is 1. The van der Waals surface area contributed by atoms with Crippen LogP contribution in [0.3, 0.4) is 0 Å². The van der Waals surface area contributed by atoms with Gasteiger partial charge in [-0.2, -0.15) is 0 Å². The predicted octanol–water partition coefficient (Wildman–Crippen LogP) is 1.71. The van der Waals surface area contributed by atoms with Gasteiger partial charge >= 0.3 is 6.09 Å². The van der Waals surface area contributed by atoms with Gasteiger partial charge in [-0.25, -0.2) is 19.2 Å². The van der Waals surface area contributed by atoms with Crippen LogP contribution in [0.2, 0.25) is 0 Å². The van der Waals surface area contributed by atoms with E-state index in [1.165, 1.54) is 17.9 Å². The monoisotopic (exact) mass is 428 g/mol. The number of aromatic nitrogens is 2. The highest BCUT2D eigenvalue weighted by Gasteiger charge is 2.33. The van der Waals surface area contributed by atoms with Crippen molar-refractivity contribution in [3.8, 4) is 0 Å². The molecule has 4 rings (SSSR count). The van der Waals surface area contributed by atoms with Crippen LogP contribution in [0.1, 0.15) is 12.7 Å².